The maximum atomic E-state index is 13.1. The van der Waals surface area contributed by atoms with E-state index in [4.69, 9.17) is 0 Å². The molecule has 0 N–H and O–H groups in total. The van der Waals surface area contributed by atoms with Crippen molar-refractivity contribution in [3.05, 3.63) is 97.8 Å². The minimum absolute atomic E-state index is 0.00315. The molecule has 29 heavy (non-hydrogen) atoms. The van der Waals surface area contributed by atoms with Crippen molar-refractivity contribution in [2.24, 2.45) is 7.05 Å². The Morgan fingerprint density at radius 1 is 0.793 bits per heavy atom. The first-order valence-corrected chi connectivity index (χ1v) is 10.0. The fourth-order valence-corrected chi connectivity index (χ4v) is 5.50. The second-order valence-corrected chi connectivity index (χ2v) is 9.14. The summed E-state index contributed by atoms with van der Waals surface area (Å²) >= 11 is 0. The quantitative estimate of drug-likeness (QED) is 0.642. The maximum Gasteiger partial charge on any atom is 0.347 e. The Morgan fingerprint density at radius 3 is 2.07 bits per heavy atom. The van der Waals surface area contributed by atoms with E-state index in [0.717, 1.165) is 5.56 Å². The molecule has 0 saturated heterocycles. The summed E-state index contributed by atoms with van der Waals surface area (Å²) < 4.78 is 4.56. The second-order valence-electron chi connectivity index (χ2n) is 9.14. The zero-order valence-corrected chi connectivity index (χ0v) is 17.4. The summed E-state index contributed by atoms with van der Waals surface area (Å²) in [5, 5.41) is 0. The number of rotatable bonds is 1. The van der Waals surface area contributed by atoms with Gasteiger partial charge in [-0.15, -0.1) is 0 Å². The highest BCUT2D eigenvalue weighted by Crippen LogP contribution is 2.58. The third kappa shape index (κ3) is 2.05. The van der Waals surface area contributed by atoms with Gasteiger partial charge < -0.3 is 0 Å². The number of fused-ring (bicyclic) bond motifs is 4. The minimum Gasteiger partial charge on any atom is -0.246 e. The average Bonchev–Trinajstić information content (AvgIpc) is 3.18. The molecule has 1 aliphatic heterocycles. The number of nitrogens with zero attached hydrogens (tertiary/aromatic N) is 3. The Morgan fingerprint density at radius 2 is 1.38 bits per heavy atom. The molecule has 3 aromatic rings. The number of hydrogen-bond donors (Lipinski definition) is 0. The van der Waals surface area contributed by atoms with Crippen molar-refractivity contribution >= 4 is 5.57 Å². The van der Waals surface area contributed by atoms with E-state index in [-0.39, 0.29) is 17.3 Å². The van der Waals surface area contributed by atoms with Gasteiger partial charge in [-0.25, -0.2) is 23.5 Å². The molecule has 2 heterocycles. The van der Waals surface area contributed by atoms with Gasteiger partial charge >= 0.3 is 11.4 Å². The minimum atomic E-state index is -0.651. The van der Waals surface area contributed by atoms with Crippen molar-refractivity contribution in [2.75, 3.05) is 0 Å². The van der Waals surface area contributed by atoms with Crippen LogP contribution in [0.3, 0.4) is 0 Å². The highest BCUT2D eigenvalue weighted by atomic mass is 16.2. The van der Waals surface area contributed by atoms with Crippen molar-refractivity contribution in [1.29, 1.82) is 0 Å². The van der Waals surface area contributed by atoms with Gasteiger partial charge in [0, 0.05) is 13.0 Å². The van der Waals surface area contributed by atoms with Crippen LogP contribution in [0.25, 0.3) is 5.57 Å². The lowest BCUT2D eigenvalue weighted by atomic mass is 9.71. The molecule has 1 unspecified atom stereocenters. The van der Waals surface area contributed by atoms with Crippen LogP contribution in [-0.4, -0.2) is 13.9 Å². The molecule has 1 aliphatic carbocycles. The van der Waals surface area contributed by atoms with Crippen LogP contribution in [-0.2, 0) is 18.1 Å². The molecule has 0 bridgehead atoms. The molecular formula is C24H25N3O2. The fourth-order valence-electron chi connectivity index (χ4n) is 5.50. The van der Waals surface area contributed by atoms with Gasteiger partial charge in [0.05, 0.1) is 11.1 Å². The first-order chi connectivity index (χ1) is 13.7. The van der Waals surface area contributed by atoms with Crippen LogP contribution >= 0.6 is 0 Å². The Hall–Kier alpha value is -3.08. The van der Waals surface area contributed by atoms with Gasteiger partial charge in [-0.3, -0.25) is 0 Å². The monoisotopic (exact) mass is 387 g/mol. The van der Waals surface area contributed by atoms with Crippen molar-refractivity contribution < 1.29 is 0 Å². The van der Waals surface area contributed by atoms with Gasteiger partial charge in [0.1, 0.15) is 0 Å². The highest BCUT2D eigenvalue weighted by Gasteiger charge is 2.55. The van der Waals surface area contributed by atoms with Crippen LogP contribution in [0, 0.1) is 0 Å². The van der Waals surface area contributed by atoms with Crippen LogP contribution < -0.4 is 11.4 Å². The summed E-state index contributed by atoms with van der Waals surface area (Å²) in [5.41, 5.74) is 4.14. The largest absolute Gasteiger partial charge is 0.347 e. The molecule has 1 aromatic heterocycles. The Bertz CT molecular complexity index is 1300. The lowest BCUT2D eigenvalue weighted by Crippen LogP contribution is -2.56. The van der Waals surface area contributed by atoms with Crippen LogP contribution in [0.5, 0.6) is 0 Å². The van der Waals surface area contributed by atoms with Crippen molar-refractivity contribution in [1.82, 2.24) is 13.9 Å². The predicted octanol–water partition coefficient (Wildman–Crippen LogP) is 3.43. The van der Waals surface area contributed by atoms with E-state index in [9.17, 15) is 9.59 Å². The number of aromatic nitrogens is 3. The molecule has 148 valence electrons. The van der Waals surface area contributed by atoms with Crippen molar-refractivity contribution in [2.45, 2.75) is 44.7 Å². The summed E-state index contributed by atoms with van der Waals surface area (Å²) in [6.07, 6.45) is 0. The SMILES string of the molecule is Cn1c(=O)n2n(c1=O)C(C)(C)C1C(=C(c3ccccc3)c3ccccc31)C2(C)C. The van der Waals surface area contributed by atoms with E-state index in [1.165, 1.54) is 26.8 Å². The van der Waals surface area contributed by atoms with Crippen LogP contribution in [0.1, 0.15) is 50.3 Å². The Balaban J connectivity index is 1.99. The Labute approximate surface area is 169 Å². The number of hydrogen-bond acceptors (Lipinski definition) is 2. The van der Waals surface area contributed by atoms with E-state index in [1.807, 2.05) is 18.2 Å². The van der Waals surface area contributed by atoms with E-state index in [2.05, 4.69) is 64.1 Å². The second kappa shape index (κ2) is 5.50. The van der Waals surface area contributed by atoms with Gasteiger partial charge in [-0.05, 0) is 55.5 Å². The summed E-state index contributed by atoms with van der Waals surface area (Å²) in [7, 11) is 1.56. The average molecular weight is 387 g/mol. The summed E-state index contributed by atoms with van der Waals surface area (Å²) in [5.74, 6) is 0.00315. The lowest BCUT2D eigenvalue weighted by Gasteiger charge is -2.48. The van der Waals surface area contributed by atoms with E-state index in [0.29, 0.717) is 0 Å². The molecule has 2 aliphatic rings. The summed E-state index contributed by atoms with van der Waals surface area (Å²) in [6.45, 7) is 8.23. The van der Waals surface area contributed by atoms with E-state index >= 15 is 0 Å². The van der Waals surface area contributed by atoms with Gasteiger partial charge in [-0.2, -0.15) is 0 Å². The number of benzene rings is 2. The predicted molar refractivity (Wildman–Crippen MR) is 114 cm³/mol. The van der Waals surface area contributed by atoms with Crippen molar-refractivity contribution in [3.8, 4) is 0 Å². The van der Waals surface area contributed by atoms with Gasteiger partial charge in [0.25, 0.3) is 0 Å². The molecule has 0 radical (unpaired) electrons. The molecule has 5 heteroatoms. The molecule has 0 spiro atoms. The standard InChI is InChI=1S/C24H25N3O2/c1-23(2)19-17-14-10-9-13-16(17)18(15-11-7-6-8-12-15)20(19)24(3,4)27-22(29)25(5)21(28)26(23)27/h6-14,19H,1-5H3. The zero-order chi connectivity index (χ0) is 20.7. The zero-order valence-electron chi connectivity index (χ0n) is 17.4. The number of allylic oxidation sites excluding steroid dienone is 1. The first kappa shape index (κ1) is 18.0. The van der Waals surface area contributed by atoms with Gasteiger partial charge in [0.2, 0.25) is 0 Å². The molecule has 0 fully saturated rings. The van der Waals surface area contributed by atoms with E-state index < -0.39 is 11.1 Å². The molecule has 0 amide bonds. The highest BCUT2D eigenvalue weighted by molar-refractivity contribution is 5.90. The van der Waals surface area contributed by atoms with Crippen molar-refractivity contribution in [3.63, 3.8) is 0 Å². The van der Waals surface area contributed by atoms with Gasteiger partial charge in [-0.1, -0.05) is 54.6 Å². The third-order valence-corrected chi connectivity index (χ3v) is 6.74. The van der Waals surface area contributed by atoms with Crippen LogP contribution in [0.2, 0.25) is 0 Å². The molecule has 5 rings (SSSR count). The smallest absolute Gasteiger partial charge is 0.246 e. The molecule has 5 nitrogen and oxygen atoms in total. The topological polar surface area (TPSA) is 48.9 Å². The van der Waals surface area contributed by atoms with Crippen LogP contribution in [0.4, 0.5) is 0 Å². The third-order valence-electron chi connectivity index (χ3n) is 6.74. The first-order valence-electron chi connectivity index (χ1n) is 10.0. The van der Waals surface area contributed by atoms with Crippen LogP contribution in [0.15, 0.2) is 69.8 Å². The Kier molecular flexibility index (Phi) is 3.41. The lowest BCUT2D eigenvalue weighted by molar-refractivity contribution is 0.128. The normalized spacial score (nSPS) is 20.9. The van der Waals surface area contributed by atoms with Gasteiger partial charge in [0.15, 0.2) is 0 Å². The molecule has 0 saturated carbocycles. The molecule has 2 aromatic carbocycles. The molecular weight excluding hydrogens is 362 g/mol. The maximum absolute atomic E-state index is 13.1. The fraction of sp³-hybridized carbons (Fsp3) is 0.333. The molecule has 1 atom stereocenters. The van der Waals surface area contributed by atoms with E-state index in [1.54, 1.807) is 16.4 Å². The summed E-state index contributed by atoms with van der Waals surface area (Å²) in [6, 6.07) is 18.8. The summed E-state index contributed by atoms with van der Waals surface area (Å²) in [4.78, 5) is 26.2.